The second-order valence-electron chi connectivity index (χ2n) is 5.85. The quantitative estimate of drug-likeness (QED) is 0.868. The summed E-state index contributed by atoms with van der Waals surface area (Å²) < 4.78 is 2.39. The molecule has 5 heteroatoms. The molecule has 0 aliphatic carbocycles. The minimum atomic E-state index is 0.786. The maximum Gasteiger partial charge on any atom is 0.179 e. The van der Waals surface area contributed by atoms with Crippen molar-refractivity contribution in [3.8, 4) is 0 Å². The zero-order chi connectivity index (χ0) is 16.9. The van der Waals surface area contributed by atoms with E-state index in [0.29, 0.717) is 0 Å². The van der Waals surface area contributed by atoms with Crippen molar-refractivity contribution < 1.29 is 0 Å². The monoisotopic (exact) mass is 340 g/mol. The lowest BCUT2D eigenvalue weighted by Crippen LogP contribution is -2.37. The number of hydrogen-bond acceptors (Lipinski definition) is 3. The molecule has 3 rings (SSSR count). The molecule has 0 unspecified atom stereocenters. The van der Waals surface area contributed by atoms with Crippen LogP contribution in [-0.2, 0) is 13.0 Å². The van der Waals surface area contributed by atoms with Crippen LogP contribution in [0.3, 0.4) is 0 Å². The Labute approximate surface area is 148 Å². The first-order valence-corrected chi connectivity index (χ1v) is 9.21. The predicted molar refractivity (Wildman–Crippen MR) is 104 cm³/mol. The van der Waals surface area contributed by atoms with Crippen LogP contribution in [0.2, 0.25) is 0 Å². The number of nitrogens with zero attached hydrogens (tertiary/aromatic N) is 2. The number of hydrazine groups is 1. The molecule has 2 aromatic rings. The topological polar surface area (TPSA) is 41.4 Å². The molecule has 0 saturated heterocycles. The zero-order valence-electron chi connectivity index (χ0n) is 14.5. The van der Waals surface area contributed by atoms with Crippen LogP contribution in [0.1, 0.15) is 29.4 Å². The van der Waals surface area contributed by atoms with E-state index in [2.05, 4.69) is 76.1 Å². The molecule has 0 saturated carbocycles. The van der Waals surface area contributed by atoms with Crippen LogP contribution in [-0.4, -0.2) is 16.3 Å². The van der Waals surface area contributed by atoms with Crippen molar-refractivity contribution in [2.45, 2.75) is 33.7 Å². The first-order valence-electron chi connectivity index (χ1n) is 8.33. The molecule has 0 amide bonds. The number of aromatic nitrogens is 1. The second kappa shape index (κ2) is 7.62. The summed E-state index contributed by atoms with van der Waals surface area (Å²) in [5.74, 6) is 0. The van der Waals surface area contributed by atoms with E-state index in [1.807, 2.05) is 6.92 Å². The minimum absolute atomic E-state index is 0.786. The van der Waals surface area contributed by atoms with Gasteiger partial charge in [0, 0.05) is 35.4 Å². The van der Waals surface area contributed by atoms with E-state index in [1.54, 1.807) is 11.8 Å². The number of aliphatic imine (C=N–C) groups is 1. The van der Waals surface area contributed by atoms with Gasteiger partial charge in [-0.25, -0.2) is 0 Å². The van der Waals surface area contributed by atoms with E-state index in [1.165, 1.54) is 22.5 Å². The lowest BCUT2D eigenvalue weighted by molar-refractivity contribution is 0.662. The van der Waals surface area contributed by atoms with Crippen molar-refractivity contribution in [1.82, 2.24) is 15.4 Å². The maximum absolute atomic E-state index is 4.38. The fourth-order valence-corrected chi connectivity index (χ4v) is 3.68. The Balaban J connectivity index is 1.76. The van der Waals surface area contributed by atoms with Gasteiger partial charge in [0.1, 0.15) is 0 Å². The normalized spacial score (nSPS) is 15.8. The van der Waals surface area contributed by atoms with Gasteiger partial charge in [0.15, 0.2) is 5.17 Å². The highest BCUT2D eigenvalue weighted by atomic mass is 32.2. The summed E-state index contributed by atoms with van der Waals surface area (Å²) in [6.07, 6.45) is 1.05. The standard InChI is InChI=1S/C19H24N4S/c1-4-20-19-22-21-18(13-24-19)17-12-14(2)23(15(17)3)11-10-16-8-6-5-7-9-16/h5-9,12-13,21H,4,10-11H2,1-3H3,(H,20,22). The molecule has 126 valence electrons. The van der Waals surface area contributed by atoms with Crippen LogP contribution >= 0.6 is 11.8 Å². The van der Waals surface area contributed by atoms with Gasteiger partial charge in [0.2, 0.25) is 0 Å². The van der Waals surface area contributed by atoms with Gasteiger partial charge in [0.25, 0.3) is 0 Å². The fraction of sp³-hybridized carbons (Fsp3) is 0.316. The number of amidine groups is 1. The van der Waals surface area contributed by atoms with Crippen molar-refractivity contribution in [2.75, 3.05) is 6.54 Å². The lowest BCUT2D eigenvalue weighted by atomic mass is 10.1. The molecule has 0 radical (unpaired) electrons. The van der Waals surface area contributed by atoms with Gasteiger partial charge in [-0.3, -0.25) is 15.8 Å². The highest BCUT2D eigenvalue weighted by Crippen LogP contribution is 2.25. The van der Waals surface area contributed by atoms with Crippen LogP contribution in [0.15, 0.2) is 46.8 Å². The van der Waals surface area contributed by atoms with E-state index >= 15 is 0 Å². The van der Waals surface area contributed by atoms with Crippen molar-refractivity contribution in [3.05, 3.63) is 64.3 Å². The molecule has 0 bridgehead atoms. The molecular formula is C19H24N4S. The van der Waals surface area contributed by atoms with Crippen LogP contribution in [0, 0.1) is 13.8 Å². The number of rotatable bonds is 5. The molecule has 2 heterocycles. The molecule has 1 aromatic carbocycles. The van der Waals surface area contributed by atoms with Crippen LogP contribution in [0.5, 0.6) is 0 Å². The molecule has 2 N–H and O–H groups in total. The first kappa shape index (κ1) is 16.7. The second-order valence-corrected chi connectivity index (χ2v) is 6.71. The van der Waals surface area contributed by atoms with Gasteiger partial charge >= 0.3 is 0 Å². The van der Waals surface area contributed by atoms with Crippen molar-refractivity contribution in [1.29, 1.82) is 0 Å². The SMILES string of the molecule is CCN=C1NNC(c2cc(C)n(CCc3ccccc3)c2C)=CS1. The summed E-state index contributed by atoms with van der Waals surface area (Å²) in [6.45, 7) is 8.19. The Morgan fingerprint density at radius 3 is 2.58 bits per heavy atom. The number of benzene rings is 1. The number of thioether (sulfide) groups is 1. The number of aryl methyl sites for hydroxylation is 2. The molecular weight excluding hydrogens is 316 g/mol. The Morgan fingerprint density at radius 2 is 1.92 bits per heavy atom. The van der Waals surface area contributed by atoms with E-state index in [0.717, 1.165) is 30.4 Å². The average Bonchev–Trinajstić information content (AvgIpc) is 2.89. The summed E-state index contributed by atoms with van der Waals surface area (Å²) in [4.78, 5) is 4.38. The molecule has 1 aromatic heterocycles. The Hall–Kier alpha value is -2.14. The Kier molecular flexibility index (Phi) is 5.30. The van der Waals surface area contributed by atoms with Gasteiger partial charge in [0.05, 0.1) is 5.70 Å². The molecule has 0 atom stereocenters. The van der Waals surface area contributed by atoms with Crippen molar-refractivity contribution >= 4 is 22.6 Å². The minimum Gasteiger partial charge on any atom is -0.348 e. The van der Waals surface area contributed by atoms with E-state index < -0.39 is 0 Å². The van der Waals surface area contributed by atoms with Crippen LogP contribution in [0.4, 0.5) is 0 Å². The highest BCUT2D eigenvalue weighted by Gasteiger charge is 2.16. The fourth-order valence-electron chi connectivity index (χ4n) is 2.95. The van der Waals surface area contributed by atoms with Crippen molar-refractivity contribution in [3.63, 3.8) is 0 Å². The zero-order valence-corrected chi connectivity index (χ0v) is 15.3. The third-order valence-corrected chi connectivity index (χ3v) is 5.03. The van der Waals surface area contributed by atoms with E-state index in [4.69, 9.17) is 0 Å². The smallest absolute Gasteiger partial charge is 0.179 e. The third kappa shape index (κ3) is 3.67. The highest BCUT2D eigenvalue weighted by molar-refractivity contribution is 8.16. The molecule has 0 spiro atoms. The van der Waals surface area contributed by atoms with Gasteiger partial charge < -0.3 is 4.57 Å². The maximum atomic E-state index is 4.38. The summed E-state index contributed by atoms with van der Waals surface area (Å²) in [7, 11) is 0. The third-order valence-electron chi connectivity index (χ3n) is 4.22. The molecule has 0 fully saturated rings. The largest absolute Gasteiger partial charge is 0.348 e. The Bertz CT molecular complexity index is 759. The van der Waals surface area contributed by atoms with Gasteiger partial charge in [-0.15, -0.1) is 0 Å². The summed E-state index contributed by atoms with van der Waals surface area (Å²) in [5.41, 5.74) is 12.7. The van der Waals surface area contributed by atoms with E-state index in [-0.39, 0.29) is 0 Å². The average molecular weight is 340 g/mol. The van der Waals surface area contributed by atoms with Gasteiger partial charge in [-0.2, -0.15) is 0 Å². The first-order chi connectivity index (χ1) is 11.7. The van der Waals surface area contributed by atoms with Gasteiger partial charge in [-0.1, -0.05) is 42.1 Å². The van der Waals surface area contributed by atoms with Crippen LogP contribution in [0.25, 0.3) is 5.70 Å². The predicted octanol–water partition coefficient (Wildman–Crippen LogP) is 3.86. The number of nitrogens with one attached hydrogen (secondary N) is 2. The van der Waals surface area contributed by atoms with E-state index in [9.17, 15) is 0 Å². The lowest BCUT2D eigenvalue weighted by Gasteiger charge is -2.19. The molecule has 1 aliphatic rings. The van der Waals surface area contributed by atoms with Gasteiger partial charge in [-0.05, 0) is 38.8 Å². The van der Waals surface area contributed by atoms with Crippen LogP contribution < -0.4 is 10.9 Å². The summed E-state index contributed by atoms with van der Waals surface area (Å²) in [6, 6.07) is 12.9. The molecule has 4 nitrogen and oxygen atoms in total. The molecule has 1 aliphatic heterocycles. The number of hydrogen-bond donors (Lipinski definition) is 2. The summed E-state index contributed by atoms with van der Waals surface area (Å²) in [5, 5.41) is 3.05. The summed E-state index contributed by atoms with van der Waals surface area (Å²) >= 11 is 1.63. The molecule has 24 heavy (non-hydrogen) atoms. The Morgan fingerprint density at radius 1 is 1.12 bits per heavy atom. The van der Waals surface area contributed by atoms with Crippen molar-refractivity contribution in [2.24, 2.45) is 4.99 Å².